The van der Waals surface area contributed by atoms with Crippen molar-refractivity contribution in [3.05, 3.63) is 29.3 Å². The minimum Gasteiger partial charge on any atom is -0.496 e. The van der Waals surface area contributed by atoms with Crippen LogP contribution in [0.1, 0.15) is 37.9 Å². The second-order valence-corrected chi connectivity index (χ2v) is 6.60. The van der Waals surface area contributed by atoms with Gasteiger partial charge in [-0.05, 0) is 44.9 Å². The van der Waals surface area contributed by atoms with Gasteiger partial charge >= 0.3 is 0 Å². The molecular weight excluding hydrogens is 264 g/mol. The fourth-order valence-corrected chi connectivity index (χ4v) is 3.35. The fraction of sp³-hybridized carbons (Fsp3) is 0.647. The lowest BCUT2D eigenvalue weighted by atomic mass is 9.98. The smallest absolute Gasteiger partial charge is 0.121 e. The van der Waals surface area contributed by atoms with E-state index < -0.39 is 0 Å². The summed E-state index contributed by atoms with van der Waals surface area (Å²) in [5.41, 5.74) is 8.34. The minimum absolute atomic E-state index is 0.132. The van der Waals surface area contributed by atoms with Gasteiger partial charge in [-0.2, -0.15) is 0 Å². The maximum atomic E-state index is 6.08. The van der Waals surface area contributed by atoms with Crippen molar-refractivity contribution in [3.63, 3.8) is 0 Å². The summed E-state index contributed by atoms with van der Waals surface area (Å²) >= 11 is 0. The molecule has 4 heteroatoms. The van der Waals surface area contributed by atoms with E-state index in [2.05, 4.69) is 44.7 Å². The van der Waals surface area contributed by atoms with Crippen molar-refractivity contribution in [1.82, 2.24) is 4.90 Å². The summed E-state index contributed by atoms with van der Waals surface area (Å²) < 4.78 is 11.3. The molecule has 4 nitrogen and oxygen atoms in total. The van der Waals surface area contributed by atoms with Crippen LogP contribution in [0.15, 0.2) is 18.2 Å². The molecule has 2 atom stereocenters. The van der Waals surface area contributed by atoms with Gasteiger partial charge in [-0.1, -0.05) is 12.1 Å². The summed E-state index contributed by atoms with van der Waals surface area (Å²) in [4.78, 5) is 2.44. The van der Waals surface area contributed by atoms with E-state index in [-0.39, 0.29) is 17.7 Å². The Balaban J connectivity index is 2.24. The molecule has 118 valence electrons. The quantitative estimate of drug-likeness (QED) is 0.926. The van der Waals surface area contributed by atoms with Crippen molar-refractivity contribution in [3.8, 4) is 5.75 Å². The number of benzene rings is 1. The van der Waals surface area contributed by atoms with E-state index in [0.717, 1.165) is 24.4 Å². The van der Waals surface area contributed by atoms with Gasteiger partial charge < -0.3 is 15.2 Å². The van der Waals surface area contributed by atoms with Crippen molar-refractivity contribution in [1.29, 1.82) is 0 Å². The molecule has 1 aromatic rings. The SMILES string of the molecule is COc1ccc(C(CN)N2CC(C)OC(C)(C)C2)cc1C. The van der Waals surface area contributed by atoms with Gasteiger partial charge in [-0.25, -0.2) is 0 Å². The van der Waals surface area contributed by atoms with Crippen molar-refractivity contribution in [2.24, 2.45) is 5.73 Å². The van der Waals surface area contributed by atoms with Crippen molar-refractivity contribution in [2.45, 2.75) is 45.4 Å². The van der Waals surface area contributed by atoms with E-state index in [9.17, 15) is 0 Å². The topological polar surface area (TPSA) is 47.7 Å². The summed E-state index contributed by atoms with van der Waals surface area (Å²) in [5, 5.41) is 0. The maximum Gasteiger partial charge on any atom is 0.121 e. The highest BCUT2D eigenvalue weighted by Gasteiger charge is 2.34. The first-order chi connectivity index (χ1) is 9.86. The van der Waals surface area contributed by atoms with Crippen molar-refractivity contribution < 1.29 is 9.47 Å². The third-order valence-corrected chi connectivity index (χ3v) is 4.06. The number of nitrogens with zero attached hydrogens (tertiary/aromatic N) is 1. The van der Waals surface area contributed by atoms with Crippen LogP contribution in [-0.2, 0) is 4.74 Å². The van der Waals surface area contributed by atoms with Crippen LogP contribution in [-0.4, -0.2) is 43.3 Å². The number of methoxy groups -OCH3 is 1. The maximum absolute atomic E-state index is 6.08. The molecule has 0 spiro atoms. The Hall–Kier alpha value is -1.10. The van der Waals surface area contributed by atoms with E-state index in [1.165, 1.54) is 5.56 Å². The number of morpholine rings is 1. The van der Waals surface area contributed by atoms with Crippen LogP contribution in [0.2, 0.25) is 0 Å². The van der Waals surface area contributed by atoms with Crippen LogP contribution < -0.4 is 10.5 Å². The highest BCUT2D eigenvalue weighted by atomic mass is 16.5. The van der Waals surface area contributed by atoms with Gasteiger partial charge in [0.25, 0.3) is 0 Å². The second-order valence-electron chi connectivity index (χ2n) is 6.60. The van der Waals surface area contributed by atoms with Crippen LogP contribution in [0.25, 0.3) is 0 Å². The number of hydrogen-bond acceptors (Lipinski definition) is 4. The summed E-state index contributed by atoms with van der Waals surface area (Å²) in [7, 11) is 1.70. The summed E-state index contributed by atoms with van der Waals surface area (Å²) in [5.74, 6) is 0.921. The molecular formula is C17H28N2O2. The first-order valence-corrected chi connectivity index (χ1v) is 7.63. The normalized spacial score (nSPS) is 23.8. The Morgan fingerprint density at radius 2 is 2.19 bits per heavy atom. The standard InChI is InChI=1S/C17H28N2O2/c1-12-8-14(6-7-16(12)20-5)15(9-18)19-10-13(2)21-17(3,4)11-19/h6-8,13,15H,9-11,18H2,1-5H3. The molecule has 0 saturated carbocycles. The molecule has 0 radical (unpaired) electrons. The first-order valence-electron chi connectivity index (χ1n) is 7.63. The number of ether oxygens (including phenoxy) is 2. The zero-order valence-electron chi connectivity index (χ0n) is 13.8. The van der Waals surface area contributed by atoms with Crippen LogP contribution >= 0.6 is 0 Å². The summed E-state index contributed by atoms with van der Waals surface area (Å²) in [6.07, 6.45) is 0.224. The Bertz CT molecular complexity index is 488. The molecule has 1 aliphatic rings. The van der Waals surface area contributed by atoms with E-state index >= 15 is 0 Å². The van der Waals surface area contributed by atoms with Crippen LogP contribution in [0.4, 0.5) is 0 Å². The second kappa shape index (κ2) is 6.34. The molecule has 1 aliphatic heterocycles. The van der Waals surface area contributed by atoms with Crippen LogP contribution in [0, 0.1) is 6.92 Å². The van der Waals surface area contributed by atoms with Gasteiger partial charge in [0.15, 0.2) is 0 Å². The minimum atomic E-state index is -0.132. The predicted molar refractivity (Wildman–Crippen MR) is 85.7 cm³/mol. The van der Waals surface area contributed by atoms with E-state index in [1.807, 2.05) is 6.07 Å². The lowest BCUT2D eigenvalue weighted by Crippen LogP contribution is -2.53. The highest BCUT2D eigenvalue weighted by molar-refractivity contribution is 5.37. The third-order valence-electron chi connectivity index (χ3n) is 4.06. The summed E-state index contributed by atoms with van der Waals surface area (Å²) in [6.45, 7) is 10.9. The number of hydrogen-bond donors (Lipinski definition) is 1. The Labute approximate surface area is 128 Å². The zero-order chi connectivity index (χ0) is 15.6. The Morgan fingerprint density at radius 3 is 2.71 bits per heavy atom. The fourth-order valence-electron chi connectivity index (χ4n) is 3.35. The molecule has 1 heterocycles. The van der Waals surface area contributed by atoms with Crippen molar-refractivity contribution in [2.75, 3.05) is 26.7 Å². The van der Waals surface area contributed by atoms with Crippen molar-refractivity contribution >= 4 is 0 Å². The Kier molecular flexibility index (Phi) is 4.91. The average molecular weight is 292 g/mol. The Morgan fingerprint density at radius 1 is 1.48 bits per heavy atom. The average Bonchev–Trinajstić information content (AvgIpc) is 2.37. The highest BCUT2D eigenvalue weighted by Crippen LogP contribution is 2.30. The predicted octanol–water partition coefficient (Wildman–Crippen LogP) is 2.50. The molecule has 2 unspecified atom stereocenters. The lowest BCUT2D eigenvalue weighted by Gasteiger charge is -2.45. The summed E-state index contributed by atoms with van der Waals surface area (Å²) in [6, 6.07) is 6.56. The number of rotatable bonds is 4. The molecule has 0 bridgehead atoms. The van der Waals surface area contributed by atoms with Gasteiger partial charge in [0, 0.05) is 25.7 Å². The lowest BCUT2D eigenvalue weighted by molar-refractivity contribution is -0.137. The molecule has 21 heavy (non-hydrogen) atoms. The molecule has 1 fully saturated rings. The molecule has 1 saturated heterocycles. The van der Waals surface area contributed by atoms with Gasteiger partial charge in [0.2, 0.25) is 0 Å². The largest absolute Gasteiger partial charge is 0.496 e. The molecule has 2 rings (SSSR count). The van der Waals surface area contributed by atoms with E-state index in [0.29, 0.717) is 6.54 Å². The molecule has 0 amide bonds. The van der Waals surface area contributed by atoms with Gasteiger partial charge in [0.05, 0.1) is 18.8 Å². The zero-order valence-corrected chi connectivity index (χ0v) is 13.8. The van der Waals surface area contributed by atoms with Crippen LogP contribution in [0.5, 0.6) is 5.75 Å². The van der Waals surface area contributed by atoms with Gasteiger partial charge in [0.1, 0.15) is 5.75 Å². The van der Waals surface area contributed by atoms with Gasteiger partial charge in [-0.15, -0.1) is 0 Å². The van der Waals surface area contributed by atoms with Crippen LogP contribution in [0.3, 0.4) is 0 Å². The first kappa shape index (κ1) is 16.3. The third kappa shape index (κ3) is 3.76. The number of aryl methyl sites for hydroxylation is 1. The monoisotopic (exact) mass is 292 g/mol. The molecule has 2 N–H and O–H groups in total. The number of nitrogens with two attached hydrogens (primary N) is 1. The molecule has 0 aliphatic carbocycles. The molecule has 0 aromatic heterocycles. The molecule has 1 aromatic carbocycles. The van der Waals surface area contributed by atoms with E-state index in [4.69, 9.17) is 15.2 Å². The van der Waals surface area contributed by atoms with E-state index in [1.54, 1.807) is 7.11 Å². The van der Waals surface area contributed by atoms with Gasteiger partial charge in [-0.3, -0.25) is 4.90 Å².